The molecule has 0 aliphatic carbocycles. The van der Waals surface area contributed by atoms with Crippen LogP contribution in [0.4, 0.5) is 0 Å². The van der Waals surface area contributed by atoms with Crippen molar-refractivity contribution in [3.63, 3.8) is 0 Å². The van der Waals surface area contributed by atoms with Crippen LogP contribution in [0.1, 0.15) is 45.3 Å². The van der Waals surface area contributed by atoms with Gasteiger partial charge in [-0.2, -0.15) is 11.3 Å². The molecule has 1 aliphatic rings. The molecule has 0 spiro atoms. The van der Waals surface area contributed by atoms with Gasteiger partial charge in [-0.1, -0.05) is 13.3 Å². The summed E-state index contributed by atoms with van der Waals surface area (Å²) in [7, 11) is 4.13. The average molecular weight is 309 g/mol. The van der Waals surface area contributed by atoms with Crippen molar-refractivity contribution in [2.45, 2.75) is 51.4 Å². The maximum atomic E-state index is 12.7. The Labute approximate surface area is 132 Å². The van der Waals surface area contributed by atoms with E-state index in [0.717, 1.165) is 19.4 Å². The SMILES string of the molecule is CCCC1NC(c2ccsc2)N(CC(C)(C)N(C)C)C1=O. The van der Waals surface area contributed by atoms with Gasteiger partial charge in [-0.3, -0.25) is 10.1 Å². The maximum Gasteiger partial charge on any atom is 0.241 e. The van der Waals surface area contributed by atoms with E-state index >= 15 is 0 Å². The first-order chi connectivity index (χ1) is 9.86. The fourth-order valence-electron chi connectivity index (χ4n) is 2.61. The van der Waals surface area contributed by atoms with Gasteiger partial charge in [0.15, 0.2) is 0 Å². The van der Waals surface area contributed by atoms with Crippen molar-refractivity contribution in [2.24, 2.45) is 0 Å². The summed E-state index contributed by atoms with van der Waals surface area (Å²) in [5.41, 5.74) is 1.15. The van der Waals surface area contributed by atoms with Crippen molar-refractivity contribution in [1.29, 1.82) is 0 Å². The Morgan fingerprint density at radius 1 is 1.43 bits per heavy atom. The fraction of sp³-hybridized carbons (Fsp3) is 0.688. The van der Waals surface area contributed by atoms with Crippen molar-refractivity contribution in [1.82, 2.24) is 15.1 Å². The monoisotopic (exact) mass is 309 g/mol. The highest BCUT2D eigenvalue weighted by molar-refractivity contribution is 7.07. The highest BCUT2D eigenvalue weighted by Crippen LogP contribution is 2.30. The van der Waals surface area contributed by atoms with E-state index in [0.29, 0.717) is 0 Å². The van der Waals surface area contributed by atoms with Gasteiger partial charge in [-0.25, -0.2) is 0 Å². The zero-order valence-electron chi connectivity index (χ0n) is 13.7. The summed E-state index contributed by atoms with van der Waals surface area (Å²) in [5, 5.41) is 7.73. The molecule has 2 heterocycles. The van der Waals surface area contributed by atoms with E-state index in [1.165, 1.54) is 5.56 Å². The lowest BCUT2D eigenvalue weighted by molar-refractivity contribution is -0.131. The van der Waals surface area contributed by atoms with Crippen LogP contribution < -0.4 is 5.32 Å². The van der Waals surface area contributed by atoms with Gasteiger partial charge in [0, 0.05) is 12.1 Å². The van der Waals surface area contributed by atoms with E-state index in [4.69, 9.17) is 0 Å². The number of nitrogens with one attached hydrogen (secondary N) is 1. The van der Waals surface area contributed by atoms with Gasteiger partial charge in [0.2, 0.25) is 5.91 Å². The number of likely N-dealkylation sites (N-methyl/N-ethyl adjacent to an activating group) is 1. The van der Waals surface area contributed by atoms with E-state index in [1.807, 2.05) is 4.90 Å². The van der Waals surface area contributed by atoms with Gasteiger partial charge in [0.05, 0.1) is 6.04 Å². The quantitative estimate of drug-likeness (QED) is 0.877. The molecule has 2 atom stereocenters. The molecule has 1 aromatic heterocycles. The van der Waals surface area contributed by atoms with Gasteiger partial charge in [0.1, 0.15) is 6.17 Å². The van der Waals surface area contributed by atoms with Crippen LogP contribution in [0.3, 0.4) is 0 Å². The number of hydrogen-bond donors (Lipinski definition) is 1. The lowest BCUT2D eigenvalue weighted by Crippen LogP contribution is -2.50. The van der Waals surface area contributed by atoms with Gasteiger partial charge >= 0.3 is 0 Å². The topological polar surface area (TPSA) is 35.6 Å². The first-order valence-electron chi connectivity index (χ1n) is 7.63. The number of carbonyl (C=O) groups excluding carboxylic acids is 1. The van der Waals surface area contributed by atoms with Crippen LogP contribution in [0.25, 0.3) is 0 Å². The first kappa shape index (κ1) is 16.5. The van der Waals surface area contributed by atoms with Gasteiger partial charge in [-0.05, 0) is 56.8 Å². The third-order valence-electron chi connectivity index (χ3n) is 4.46. The molecule has 4 nitrogen and oxygen atoms in total. The van der Waals surface area contributed by atoms with E-state index < -0.39 is 0 Å². The van der Waals surface area contributed by atoms with Gasteiger partial charge < -0.3 is 9.80 Å². The molecular weight excluding hydrogens is 282 g/mol. The minimum absolute atomic E-state index is 0.0134. The Morgan fingerprint density at radius 3 is 2.67 bits per heavy atom. The number of hydrogen-bond acceptors (Lipinski definition) is 4. The third-order valence-corrected chi connectivity index (χ3v) is 5.16. The number of amides is 1. The molecule has 1 saturated heterocycles. The number of thiophene rings is 1. The standard InChI is InChI=1S/C16H27N3OS/c1-6-7-13-15(20)19(11-16(2,3)18(4)5)14(17-13)12-8-9-21-10-12/h8-10,13-14,17H,6-7,11H2,1-5H3. The molecule has 5 heteroatoms. The highest BCUT2D eigenvalue weighted by Gasteiger charge is 2.41. The van der Waals surface area contributed by atoms with Gasteiger partial charge in [0.25, 0.3) is 0 Å². The normalized spacial score (nSPS) is 23.3. The van der Waals surface area contributed by atoms with Crippen LogP contribution >= 0.6 is 11.3 Å². The molecule has 1 aliphatic heterocycles. The summed E-state index contributed by atoms with van der Waals surface area (Å²) in [6.45, 7) is 7.21. The third kappa shape index (κ3) is 3.47. The molecule has 21 heavy (non-hydrogen) atoms. The lowest BCUT2D eigenvalue weighted by Gasteiger charge is -2.38. The summed E-state index contributed by atoms with van der Waals surface area (Å²) in [4.78, 5) is 16.9. The second-order valence-electron chi connectivity index (χ2n) is 6.64. The minimum atomic E-state index is -0.0489. The molecule has 1 fully saturated rings. The predicted octanol–water partition coefficient (Wildman–Crippen LogP) is 2.69. The molecule has 1 aromatic rings. The molecule has 0 radical (unpaired) electrons. The highest BCUT2D eigenvalue weighted by atomic mass is 32.1. The molecule has 0 bridgehead atoms. The largest absolute Gasteiger partial charge is 0.320 e. The Kier molecular flexibility index (Phi) is 5.07. The van der Waals surface area contributed by atoms with E-state index in [-0.39, 0.29) is 23.7 Å². The number of nitrogens with zero attached hydrogens (tertiary/aromatic N) is 2. The smallest absolute Gasteiger partial charge is 0.241 e. The van der Waals surface area contributed by atoms with Crippen LogP contribution in [0.2, 0.25) is 0 Å². The minimum Gasteiger partial charge on any atom is -0.320 e. The summed E-state index contributed by atoms with van der Waals surface area (Å²) in [5.74, 6) is 0.239. The molecule has 0 aromatic carbocycles. The Morgan fingerprint density at radius 2 is 2.14 bits per heavy atom. The zero-order valence-corrected chi connectivity index (χ0v) is 14.5. The second-order valence-corrected chi connectivity index (χ2v) is 7.42. The van der Waals surface area contributed by atoms with Crippen molar-refractivity contribution in [3.05, 3.63) is 22.4 Å². The first-order valence-corrected chi connectivity index (χ1v) is 8.57. The van der Waals surface area contributed by atoms with Crippen LogP contribution in [-0.4, -0.2) is 47.9 Å². The predicted molar refractivity (Wildman–Crippen MR) is 88.4 cm³/mol. The Hall–Kier alpha value is -0.910. The molecule has 0 saturated carbocycles. The Bertz CT molecular complexity index is 470. The van der Waals surface area contributed by atoms with Crippen molar-refractivity contribution < 1.29 is 4.79 Å². The summed E-state index contributed by atoms with van der Waals surface area (Å²) in [6.07, 6.45) is 1.93. The number of rotatable bonds is 6. The van der Waals surface area contributed by atoms with Crippen molar-refractivity contribution >= 4 is 17.2 Å². The maximum absolute atomic E-state index is 12.7. The molecule has 1 amide bonds. The lowest BCUT2D eigenvalue weighted by atomic mass is 10.0. The average Bonchev–Trinajstić information content (AvgIpc) is 3.02. The van der Waals surface area contributed by atoms with Crippen molar-refractivity contribution in [3.8, 4) is 0 Å². The second kappa shape index (κ2) is 6.46. The van der Waals surface area contributed by atoms with Crippen LogP contribution in [0.15, 0.2) is 16.8 Å². The van der Waals surface area contributed by atoms with E-state index in [2.05, 4.69) is 61.9 Å². The number of carbonyl (C=O) groups is 1. The molecular formula is C16H27N3OS. The molecule has 2 unspecified atom stereocenters. The molecule has 118 valence electrons. The van der Waals surface area contributed by atoms with Crippen LogP contribution in [0, 0.1) is 0 Å². The van der Waals surface area contributed by atoms with Crippen molar-refractivity contribution in [2.75, 3.05) is 20.6 Å². The molecule has 1 N–H and O–H groups in total. The summed E-state index contributed by atoms with van der Waals surface area (Å²) >= 11 is 1.68. The van der Waals surface area contributed by atoms with E-state index in [1.54, 1.807) is 11.3 Å². The van der Waals surface area contributed by atoms with Gasteiger partial charge in [-0.15, -0.1) is 0 Å². The van der Waals surface area contributed by atoms with Crippen LogP contribution in [-0.2, 0) is 4.79 Å². The van der Waals surface area contributed by atoms with E-state index in [9.17, 15) is 4.79 Å². The Balaban J connectivity index is 2.23. The summed E-state index contributed by atoms with van der Waals surface area (Å²) in [6, 6.07) is 2.07. The fourth-order valence-corrected chi connectivity index (χ4v) is 3.29. The van der Waals surface area contributed by atoms with Crippen LogP contribution in [0.5, 0.6) is 0 Å². The zero-order chi connectivity index (χ0) is 15.6. The summed E-state index contributed by atoms with van der Waals surface area (Å²) < 4.78 is 0. The molecule has 2 rings (SSSR count).